The lowest BCUT2D eigenvalue weighted by Crippen LogP contribution is -2.76. The van der Waals surface area contributed by atoms with Gasteiger partial charge in [0.1, 0.15) is 6.17 Å². The van der Waals surface area contributed by atoms with Crippen LogP contribution in [0.1, 0.15) is 64.2 Å². The van der Waals surface area contributed by atoms with Gasteiger partial charge in [0.15, 0.2) is 5.56 Å². The van der Waals surface area contributed by atoms with Gasteiger partial charge in [0, 0.05) is 6.54 Å². The van der Waals surface area contributed by atoms with Gasteiger partial charge in [-0.2, -0.15) is 0 Å². The van der Waals surface area contributed by atoms with Gasteiger partial charge in [-0.25, -0.2) is 0 Å². The predicted octanol–water partition coefficient (Wildman–Crippen LogP) is -3.27. The highest BCUT2D eigenvalue weighted by molar-refractivity contribution is 6.46. The van der Waals surface area contributed by atoms with Crippen molar-refractivity contribution >= 4 is 32.0 Å². The molecule has 0 bridgehead atoms. The summed E-state index contributed by atoms with van der Waals surface area (Å²) in [5.41, 5.74) is -1.79. The monoisotopic (exact) mass is 534 g/mol. The van der Waals surface area contributed by atoms with E-state index >= 15 is 0 Å². The first kappa shape index (κ1) is 27.8. The summed E-state index contributed by atoms with van der Waals surface area (Å²) >= 11 is 0. The Morgan fingerprint density at radius 2 is 1.34 bits per heavy atom. The van der Waals surface area contributed by atoms with Gasteiger partial charge >= 0.3 is 14.2 Å². The lowest BCUT2D eigenvalue weighted by molar-refractivity contribution is -0.164. The standard InChI is InChI=1S/C23H40B2N6O7/c32-20(15-5-1-11-26-15)29-14-4-10-23(29,25(37)38)31(22(34)17-7-3-13-28-17)19-9-8-18(24(35)36)30(19)21(33)16-6-2-12-27-16/h15-19,26-28,35-38H,1-14H2/t15-,16-,17-,18-,19?,23-/m0/s1. The number of carbonyl (C=O) groups is 3. The largest absolute Gasteiger partial charge is 0.501 e. The summed E-state index contributed by atoms with van der Waals surface area (Å²) in [4.78, 5) is 46.0. The summed E-state index contributed by atoms with van der Waals surface area (Å²) in [6.45, 7) is 2.22. The molecule has 210 valence electrons. The summed E-state index contributed by atoms with van der Waals surface area (Å²) in [5, 5.41) is 52.0. The molecule has 6 atom stereocenters. The van der Waals surface area contributed by atoms with Crippen LogP contribution in [0.4, 0.5) is 0 Å². The van der Waals surface area contributed by atoms with Gasteiger partial charge in [-0.05, 0) is 83.8 Å². The summed E-state index contributed by atoms with van der Waals surface area (Å²) in [6.07, 6.45) is 4.18. The van der Waals surface area contributed by atoms with E-state index in [1.54, 1.807) is 0 Å². The Morgan fingerprint density at radius 1 is 0.763 bits per heavy atom. The number of amides is 3. The molecule has 0 radical (unpaired) electrons. The number of carbonyl (C=O) groups excluding carboxylic acids is 3. The third kappa shape index (κ3) is 4.76. The fourth-order valence-electron chi connectivity index (χ4n) is 7.26. The molecule has 13 nitrogen and oxygen atoms in total. The smallest absolute Gasteiger partial charge is 0.426 e. The molecule has 5 rings (SSSR count). The van der Waals surface area contributed by atoms with Gasteiger partial charge in [-0.3, -0.25) is 19.3 Å². The van der Waals surface area contributed by atoms with Crippen LogP contribution >= 0.6 is 0 Å². The van der Waals surface area contributed by atoms with Crippen LogP contribution in [0.5, 0.6) is 0 Å². The van der Waals surface area contributed by atoms with Gasteiger partial charge in [-0.1, -0.05) is 0 Å². The molecule has 5 saturated heterocycles. The van der Waals surface area contributed by atoms with E-state index in [0.29, 0.717) is 45.3 Å². The second kappa shape index (κ2) is 11.4. The van der Waals surface area contributed by atoms with Crippen LogP contribution in [0, 0.1) is 0 Å². The molecule has 15 heteroatoms. The third-order valence-corrected chi connectivity index (χ3v) is 9.10. The highest BCUT2D eigenvalue weighted by Gasteiger charge is 2.63. The van der Waals surface area contributed by atoms with Crippen molar-refractivity contribution in [2.24, 2.45) is 0 Å². The normalized spacial score (nSPS) is 35.2. The molecule has 5 heterocycles. The van der Waals surface area contributed by atoms with E-state index < -0.39 is 55.9 Å². The molecular formula is C23H40B2N6O7. The van der Waals surface area contributed by atoms with Crippen LogP contribution < -0.4 is 16.0 Å². The van der Waals surface area contributed by atoms with Crippen molar-refractivity contribution in [3.63, 3.8) is 0 Å². The number of nitrogens with zero attached hydrogens (tertiary/aromatic N) is 3. The molecule has 0 aromatic heterocycles. The lowest BCUT2D eigenvalue weighted by Gasteiger charge is -2.52. The van der Waals surface area contributed by atoms with E-state index in [2.05, 4.69) is 16.0 Å². The molecule has 0 aromatic carbocycles. The summed E-state index contributed by atoms with van der Waals surface area (Å²) in [5.74, 6) is -2.02. The van der Waals surface area contributed by atoms with Crippen molar-refractivity contribution in [2.45, 2.75) is 100 Å². The Kier molecular flexibility index (Phi) is 8.34. The number of nitrogens with one attached hydrogen (secondary N) is 3. The van der Waals surface area contributed by atoms with E-state index in [0.717, 1.165) is 19.3 Å². The summed E-state index contributed by atoms with van der Waals surface area (Å²) in [6, 6.07) is -1.62. The molecule has 3 amide bonds. The number of rotatable bonds is 7. The minimum atomic E-state index is -2.08. The summed E-state index contributed by atoms with van der Waals surface area (Å²) in [7, 11) is -3.91. The van der Waals surface area contributed by atoms with E-state index in [9.17, 15) is 34.5 Å². The van der Waals surface area contributed by atoms with Crippen molar-refractivity contribution in [2.75, 3.05) is 26.2 Å². The van der Waals surface area contributed by atoms with E-state index in [1.807, 2.05) is 0 Å². The van der Waals surface area contributed by atoms with Crippen LogP contribution in [0.15, 0.2) is 0 Å². The first-order valence-corrected chi connectivity index (χ1v) is 14.2. The molecule has 1 unspecified atom stereocenters. The first-order chi connectivity index (χ1) is 18.3. The average Bonchev–Trinajstić information content (AvgIpc) is 3.74. The van der Waals surface area contributed by atoms with Crippen LogP contribution in [-0.4, -0.2) is 129 Å². The Morgan fingerprint density at radius 3 is 1.87 bits per heavy atom. The Labute approximate surface area is 223 Å². The molecule has 5 aliphatic heterocycles. The quantitative estimate of drug-likeness (QED) is 0.164. The van der Waals surface area contributed by atoms with Crippen LogP contribution in [0.25, 0.3) is 0 Å². The van der Waals surface area contributed by atoms with Crippen LogP contribution in [0.2, 0.25) is 0 Å². The van der Waals surface area contributed by atoms with Gasteiger partial charge < -0.3 is 45.8 Å². The zero-order chi connectivity index (χ0) is 27.0. The molecule has 0 aromatic rings. The Bertz CT molecular complexity index is 897. The zero-order valence-electron chi connectivity index (χ0n) is 21.8. The topological polar surface area (TPSA) is 178 Å². The molecular weight excluding hydrogens is 494 g/mol. The van der Waals surface area contributed by atoms with Crippen LogP contribution in [-0.2, 0) is 14.4 Å². The summed E-state index contributed by atoms with van der Waals surface area (Å²) < 4.78 is 0. The van der Waals surface area contributed by atoms with Crippen molar-refractivity contribution in [1.82, 2.24) is 30.7 Å². The Hall–Kier alpha value is -1.74. The van der Waals surface area contributed by atoms with Crippen molar-refractivity contribution in [3.8, 4) is 0 Å². The molecule has 0 aliphatic carbocycles. The average molecular weight is 534 g/mol. The maximum absolute atomic E-state index is 14.3. The predicted molar refractivity (Wildman–Crippen MR) is 138 cm³/mol. The minimum Gasteiger partial charge on any atom is -0.426 e. The second-order valence-corrected chi connectivity index (χ2v) is 11.3. The number of hydrogen-bond donors (Lipinski definition) is 7. The molecule has 0 spiro atoms. The second-order valence-electron chi connectivity index (χ2n) is 11.3. The van der Waals surface area contributed by atoms with Crippen molar-refractivity contribution < 1.29 is 34.5 Å². The molecule has 5 aliphatic rings. The minimum absolute atomic E-state index is 0.133. The van der Waals surface area contributed by atoms with E-state index in [-0.39, 0.29) is 37.6 Å². The van der Waals surface area contributed by atoms with E-state index in [4.69, 9.17) is 0 Å². The van der Waals surface area contributed by atoms with Gasteiger partial charge in [0.2, 0.25) is 17.7 Å². The highest BCUT2D eigenvalue weighted by atomic mass is 16.4. The molecule has 5 fully saturated rings. The van der Waals surface area contributed by atoms with Gasteiger partial charge in [0.05, 0.1) is 24.1 Å². The zero-order valence-corrected chi connectivity index (χ0v) is 21.8. The maximum atomic E-state index is 14.3. The lowest BCUT2D eigenvalue weighted by atomic mass is 9.68. The van der Waals surface area contributed by atoms with Crippen molar-refractivity contribution in [1.29, 1.82) is 0 Å². The van der Waals surface area contributed by atoms with E-state index in [1.165, 1.54) is 14.7 Å². The Balaban J connectivity index is 1.58. The first-order valence-electron chi connectivity index (χ1n) is 14.2. The van der Waals surface area contributed by atoms with Gasteiger partial charge in [-0.15, -0.1) is 0 Å². The maximum Gasteiger partial charge on any atom is 0.501 e. The fourth-order valence-corrected chi connectivity index (χ4v) is 7.26. The molecule has 7 N–H and O–H groups in total. The highest BCUT2D eigenvalue weighted by Crippen LogP contribution is 2.42. The van der Waals surface area contributed by atoms with Crippen LogP contribution in [0.3, 0.4) is 0 Å². The fraction of sp³-hybridized carbons (Fsp3) is 0.870. The SMILES string of the molecule is O=C([C@@H]1CCCN1)N1C(N(C(=O)[C@@H]2CCCN2)[C@]2(B(O)O)CCCN2C(=O)[C@@H]2CCCN2)CC[C@H]1B(O)O. The number of likely N-dealkylation sites (tertiary alicyclic amines) is 2. The molecule has 38 heavy (non-hydrogen) atoms. The molecule has 0 saturated carbocycles. The van der Waals surface area contributed by atoms with Gasteiger partial charge in [0.25, 0.3) is 0 Å². The number of hydrogen-bond acceptors (Lipinski definition) is 10. The third-order valence-electron chi connectivity index (χ3n) is 9.10. The van der Waals surface area contributed by atoms with Crippen molar-refractivity contribution in [3.05, 3.63) is 0 Å².